The molecule has 0 heterocycles. The largest absolute Gasteiger partial charge is 0.463 e. The molecule has 0 saturated heterocycles. The second kappa shape index (κ2) is 8.03. The number of nitrogens with zero attached hydrogens (tertiary/aromatic N) is 1. The van der Waals surface area contributed by atoms with Crippen molar-refractivity contribution < 1.29 is 19.1 Å². The summed E-state index contributed by atoms with van der Waals surface area (Å²) in [5.41, 5.74) is -2.34. The summed E-state index contributed by atoms with van der Waals surface area (Å²) in [4.78, 5) is 24.2. The molecule has 0 radical (unpaired) electrons. The molecule has 0 aliphatic heterocycles. The quantitative estimate of drug-likeness (QED) is 0.680. The Bertz CT molecular complexity index is 690. The molecule has 1 atom stereocenters. The van der Waals surface area contributed by atoms with E-state index in [2.05, 4.69) is 17.2 Å². The molecule has 126 valence electrons. The number of benzene rings is 1. The lowest BCUT2D eigenvalue weighted by molar-refractivity contribution is -0.146. The van der Waals surface area contributed by atoms with Crippen molar-refractivity contribution in [2.75, 3.05) is 6.61 Å². The molecule has 6 heteroatoms. The third-order valence-electron chi connectivity index (χ3n) is 2.61. The number of esters is 1. The molecule has 0 unspecified atom stereocenters. The third kappa shape index (κ3) is 5.66. The molecule has 6 nitrogen and oxygen atoms in total. The maximum absolute atomic E-state index is 12.2. The van der Waals surface area contributed by atoms with Crippen molar-refractivity contribution in [3.05, 3.63) is 35.9 Å². The van der Waals surface area contributed by atoms with Crippen molar-refractivity contribution in [3.8, 4) is 17.9 Å². The van der Waals surface area contributed by atoms with E-state index in [0.717, 1.165) is 0 Å². The number of rotatable bonds is 3. The first-order valence-electron chi connectivity index (χ1n) is 7.40. The van der Waals surface area contributed by atoms with Gasteiger partial charge in [0.05, 0.1) is 6.61 Å². The first-order chi connectivity index (χ1) is 11.2. The average molecular weight is 328 g/mol. The second-order valence-corrected chi connectivity index (χ2v) is 5.83. The van der Waals surface area contributed by atoms with E-state index in [1.165, 1.54) is 0 Å². The first kappa shape index (κ1) is 19.1. The Morgan fingerprint density at radius 2 is 1.83 bits per heavy atom. The molecule has 1 aromatic rings. The monoisotopic (exact) mass is 328 g/mol. The minimum Gasteiger partial charge on any atom is -0.463 e. The standard InChI is InChI=1S/C18H20N2O4/c1-5-23-15(21)18(13-19,20-16(22)24-17(2,3)4)12-11-14-9-7-6-8-10-14/h6-10H,5H2,1-4H3,(H,20,22)/t18-/m1/s1. The predicted molar refractivity (Wildman–Crippen MR) is 87.7 cm³/mol. The molecule has 1 rings (SSSR count). The van der Waals surface area contributed by atoms with Gasteiger partial charge in [-0.2, -0.15) is 5.26 Å². The van der Waals surface area contributed by atoms with Crippen LogP contribution in [0.5, 0.6) is 0 Å². The van der Waals surface area contributed by atoms with Gasteiger partial charge < -0.3 is 9.47 Å². The topological polar surface area (TPSA) is 88.4 Å². The zero-order chi connectivity index (χ0) is 18.2. The fourth-order valence-electron chi connectivity index (χ4n) is 1.62. The molecule has 1 N–H and O–H groups in total. The van der Waals surface area contributed by atoms with Crippen LogP contribution < -0.4 is 5.32 Å². The summed E-state index contributed by atoms with van der Waals surface area (Å²) >= 11 is 0. The van der Waals surface area contributed by atoms with E-state index in [1.54, 1.807) is 58.0 Å². The number of carbonyl (C=O) groups excluding carboxylic acids is 2. The fraction of sp³-hybridized carbons (Fsp3) is 0.389. The Labute approximate surface area is 141 Å². The summed E-state index contributed by atoms with van der Waals surface area (Å²) < 4.78 is 9.98. The van der Waals surface area contributed by atoms with Crippen LogP contribution in [0.2, 0.25) is 0 Å². The van der Waals surface area contributed by atoms with Crippen LogP contribution in [0, 0.1) is 23.2 Å². The van der Waals surface area contributed by atoms with Crippen molar-refractivity contribution in [3.63, 3.8) is 0 Å². The minimum atomic E-state index is -2.14. The number of ether oxygens (including phenoxy) is 2. The zero-order valence-electron chi connectivity index (χ0n) is 14.2. The van der Waals surface area contributed by atoms with E-state index in [0.29, 0.717) is 5.56 Å². The van der Waals surface area contributed by atoms with E-state index in [9.17, 15) is 14.9 Å². The molecule has 0 aliphatic rings. The van der Waals surface area contributed by atoms with Gasteiger partial charge in [-0.1, -0.05) is 24.1 Å². The smallest absolute Gasteiger partial charge is 0.410 e. The lowest BCUT2D eigenvalue weighted by Crippen LogP contribution is -2.54. The van der Waals surface area contributed by atoms with Crippen molar-refractivity contribution in [2.45, 2.75) is 38.8 Å². The molecule has 1 aromatic carbocycles. The van der Waals surface area contributed by atoms with E-state index in [-0.39, 0.29) is 6.61 Å². The first-order valence-corrected chi connectivity index (χ1v) is 7.40. The summed E-state index contributed by atoms with van der Waals surface area (Å²) in [7, 11) is 0. The summed E-state index contributed by atoms with van der Waals surface area (Å²) in [6.45, 7) is 6.64. The number of nitrogens with one attached hydrogen (secondary N) is 1. The van der Waals surface area contributed by atoms with Crippen LogP contribution in [0.15, 0.2) is 30.3 Å². The molecule has 0 bridgehead atoms. The predicted octanol–water partition coefficient (Wildman–Crippen LogP) is 2.39. The van der Waals surface area contributed by atoms with Crippen molar-refractivity contribution in [1.29, 1.82) is 5.26 Å². The molecule has 24 heavy (non-hydrogen) atoms. The SMILES string of the molecule is CCOC(=O)[C@](C#N)(C#Cc1ccccc1)NC(=O)OC(C)(C)C. The minimum absolute atomic E-state index is 0.0469. The van der Waals surface area contributed by atoms with Gasteiger partial charge in [0.1, 0.15) is 11.7 Å². The molecule has 0 aromatic heterocycles. The highest BCUT2D eigenvalue weighted by Gasteiger charge is 2.42. The number of hydrogen-bond acceptors (Lipinski definition) is 5. The number of hydrogen-bond donors (Lipinski definition) is 1. The van der Waals surface area contributed by atoms with Gasteiger partial charge in [-0.05, 0) is 45.7 Å². The molecule has 0 saturated carbocycles. The van der Waals surface area contributed by atoms with Gasteiger partial charge >= 0.3 is 12.1 Å². The van der Waals surface area contributed by atoms with Gasteiger partial charge in [0.15, 0.2) is 0 Å². The average Bonchev–Trinajstić information content (AvgIpc) is 2.51. The maximum atomic E-state index is 12.2. The molecule has 0 fully saturated rings. The van der Waals surface area contributed by atoms with Crippen LogP contribution in [0.25, 0.3) is 0 Å². The summed E-state index contributed by atoms with van der Waals surface area (Å²) in [6, 6.07) is 10.5. The van der Waals surface area contributed by atoms with Gasteiger partial charge in [0.2, 0.25) is 0 Å². The number of alkyl carbamates (subject to hydrolysis) is 1. The highest BCUT2D eigenvalue weighted by atomic mass is 16.6. The van der Waals surface area contributed by atoms with E-state index < -0.39 is 23.2 Å². The van der Waals surface area contributed by atoms with Crippen molar-refractivity contribution in [2.24, 2.45) is 0 Å². The van der Waals surface area contributed by atoms with Crippen LogP contribution >= 0.6 is 0 Å². The Morgan fingerprint density at radius 1 is 1.21 bits per heavy atom. The molecular weight excluding hydrogens is 308 g/mol. The Balaban J connectivity index is 3.17. The van der Waals surface area contributed by atoms with Crippen LogP contribution in [0.3, 0.4) is 0 Å². The highest BCUT2D eigenvalue weighted by molar-refractivity contribution is 5.93. The van der Waals surface area contributed by atoms with Crippen LogP contribution in [-0.4, -0.2) is 29.8 Å². The molecule has 0 spiro atoms. The molecule has 0 aliphatic carbocycles. The van der Waals surface area contributed by atoms with Gasteiger partial charge in [-0.3, -0.25) is 5.32 Å². The van der Waals surface area contributed by atoms with Crippen LogP contribution in [0.1, 0.15) is 33.3 Å². The lowest BCUT2D eigenvalue weighted by atomic mass is 10.0. The lowest BCUT2D eigenvalue weighted by Gasteiger charge is -2.24. The van der Waals surface area contributed by atoms with Crippen molar-refractivity contribution in [1.82, 2.24) is 5.32 Å². The number of carbonyl (C=O) groups is 2. The Morgan fingerprint density at radius 3 is 2.33 bits per heavy atom. The Hall–Kier alpha value is -2.99. The Kier molecular flexibility index (Phi) is 6.38. The van der Waals surface area contributed by atoms with Gasteiger partial charge in [-0.25, -0.2) is 9.59 Å². The van der Waals surface area contributed by atoms with Crippen LogP contribution in [-0.2, 0) is 14.3 Å². The van der Waals surface area contributed by atoms with Gasteiger partial charge in [-0.15, -0.1) is 0 Å². The summed E-state index contributed by atoms with van der Waals surface area (Å²) in [5, 5.41) is 11.7. The zero-order valence-corrected chi connectivity index (χ0v) is 14.2. The van der Waals surface area contributed by atoms with Crippen LogP contribution in [0.4, 0.5) is 4.79 Å². The van der Waals surface area contributed by atoms with Gasteiger partial charge in [0.25, 0.3) is 5.54 Å². The van der Waals surface area contributed by atoms with Gasteiger partial charge in [0, 0.05) is 5.56 Å². The van der Waals surface area contributed by atoms with E-state index in [1.807, 2.05) is 6.07 Å². The molecular formula is C18H20N2O4. The molecule has 1 amide bonds. The summed E-state index contributed by atoms with van der Waals surface area (Å²) in [5.74, 6) is 4.25. The third-order valence-corrected chi connectivity index (χ3v) is 2.61. The van der Waals surface area contributed by atoms with E-state index >= 15 is 0 Å². The van der Waals surface area contributed by atoms with Crippen molar-refractivity contribution >= 4 is 12.1 Å². The maximum Gasteiger partial charge on any atom is 0.410 e. The fourth-order valence-corrected chi connectivity index (χ4v) is 1.62. The number of amides is 1. The number of nitriles is 1. The van der Waals surface area contributed by atoms with E-state index in [4.69, 9.17) is 9.47 Å². The second-order valence-electron chi connectivity index (χ2n) is 5.83. The summed E-state index contributed by atoms with van der Waals surface area (Å²) in [6.07, 6.45) is -0.931. The highest BCUT2D eigenvalue weighted by Crippen LogP contribution is 2.11. The normalized spacial score (nSPS) is 12.6.